The molecule has 2 rings (SSSR count). The SMILES string of the molecule is CCCCCCCCCCOc1cnc(-c2ccc(OCCCCCCCC)cc2F)nc1. The van der Waals surface area contributed by atoms with Crippen molar-refractivity contribution in [1.29, 1.82) is 0 Å². The van der Waals surface area contributed by atoms with Gasteiger partial charge in [-0.05, 0) is 25.0 Å². The smallest absolute Gasteiger partial charge is 0.162 e. The first-order valence-electron chi connectivity index (χ1n) is 13.1. The Hall–Kier alpha value is -2.17. The van der Waals surface area contributed by atoms with Crippen LogP contribution < -0.4 is 9.47 Å². The minimum atomic E-state index is -0.372. The molecule has 0 fully saturated rings. The first kappa shape index (κ1) is 27.1. The van der Waals surface area contributed by atoms with Crippen LogP contribution in [0.4, 0.5) is 4.39 Å². The number of unbranched alkanes of at least 4 members (excludes halogenated alkanes) is 12. The average molecular weight is 459 g/mol. The molecule has 1 aromatic heterocycles. The van der Waals surface area contributed by atoms with E-state index in [0.29, 0.717) is 36.1 Å². The van der Waals surface area contributed by atoms with E-state index in [4.69, 9.17) is 9.47 Å². The van der Waals surface area contributed by atoms with Gasteiger partial charge in [-0.25, -0.2) is 14.4 Å². The number of benzene rings is 1. The van der Waals surface area contributed by atoms with E-state index in [0.717, 1.165) is 19.3 Å². The highest BCUT2D eigenvalue weighted by Gasteiger charge is 2.10. The van der Waals surface area contributed by atoms with Crippen molar-refractivity contribution in [2.24, 2.45) is 0 Å². The topological polar surface area (TPSA) is 44.2 Å². The van der Waals surface area contributed by atoms with Crippen LogP contribution in [0.25, 0.3) is 11.4 Å². The van der Waals surface area contributed by atoms with Crippen molar-refractivity contribution in [1.82, 2.24) is 9.97 Å². The van der Waals surface area contributed by atoms with Crippen LogP contribution in [0, 0.1) is 5.82 Å². The quantitative estimate of drug-likeness (QED) is 0.198. The maximum Gasteiger partial charge on any atom is 0.162 e. The summed E-state index contributed by atoms with van der Waals surface area (Å²) < 4.78 is 26.0. The molecule has 33 heavy (non-hydrogen) atoms. The third-order valence-corrected chi connectivity index (χ3v) is 5.84. The highest BCUT2D eigenvalue weighted by atomic mass is 19.1. The van der Waals surface area contributed by atoms with Crippen molar-refractivity contribution in [2.45, 2.75) is 104 Å². The highest BCUT2D eigenvalue weighted by molar-refractivity contribution is 5.57. The summed E-state index contributed by atoms with van der Waals surface area (Å²) in [7, 11) is 0. The number of ether oxygens (including phenoxy) is 2. The van der Waals surface area contributed by atoms with Crippen LogP contribution in [-0.2, 0) is 0 Å². The summed E-state index contributed by atoms with van der Waals surface area (Å²) in [4.78, 5) is 8.58. The van der Waals surface area contributed by atoms with E-state index in [1.807, 2.05) is 0 Å². The molecule has 0 unspecified atom stereocenters. The minimum absolute atomic E-state index is 0.356. The molecule has 0 spiro atoms. The van der Waals surface area contributed by atoms with Crippen molar-refractivity contribution in [3.63, 3.8) is 0 Å². The first-order chi connectivity index (χ1) is 16.2. The molecule has 0 aliphatic rings. The Kier molecular flexibility index (Phi) is 14.2. The second-order valence-corrected chi connectivity index (χ2v) is 8.82. The molecule has 0 saturated carbocycles. The predicted octanol–water partition coefficient (Wildman–Crippen LogP) is 8.54. The summed E-state index contributed by atoms with van der Waals surface area (Å²) >= 11 is 0. The van der Waals surface area contributed by atoms with E-state index in [-0.39, 0.29) is 5.82 Å². The normalized spacial score (nSPS) is 11.0. The highest BCUT2D eigenvalue weighted by Crippen LogP contribution is 2.24. The molecule has 0 amide bonds. The largest absolute Gasteiger partial charge is 0.493 e. The second-order valence-electron chi connectivity index (χ2n) is 8.82. The van der Waals surface area contributed by atoms with Crippen molar-refractivity contribution >= 4 is 0 Å². The maximum absolute atomic E-state index is 14.6. The van der Waals surface area contributed by atoms with Gasteiger partial charge in [-0.15, -0.1) is 0 Å². The average Bonchev–Trinajstić information content (AvgIpc) is 2.83. The third kappa shape index (κ3) is 11.5. The molecule has 0 aliphatic heterocycles. The number of rotatable bonds is 19. The molecule has 1 aromatic carbocycles. The number of nitrogens with zero attached hydrogens (tertiary/aromatic N) is 2. The Morgan fingerprint density at radius 1 is 0.636 bits per heavy atom. The van der Waals surface area contributed by atoms with Gasteiger partial charge in [0.25, 0.3) is 0 Å². The zero-order valence-corrected chi connectivity index (χ0v) is 20.8. The Bertz CT molecular complexity index is 752. The van der Waals surface area contributed by atoms with Crippen molar-refractivity contribution in [2.75, 3.05) is 13.2 Å². The van der Waals surface area contributed by atoms with Crippen molar-refractivity contribution < 1.29 is 13.9 Å². The molecule has 0 bridgehead atoms. The van der Waals surface area contributed by atoms with E-state index in [1.165, 1.54) is 76.7 Å². The van der Waals surface area contributed by atoms with Crippen molar-refractivity contribution in [3.8, 4) is 22.9 Å². The fourth-order valence-corrected chi connectivity index (χ4v) is 3.80. The third-order valence-electron chi connectivity index (χ3n) is 5.84. The molecule has 0 saturated heterocycles. The zero-order valence-electron chi connectivity index (χ0n) is 20.8. The molecule has 0 aliphatic carbocycles. The summed E-state index contributed by atoms with van der Waals surface area (Å²) in [6, 6.07) is 4.89. The summed E-state index contributed by atoms with van der Waals surface area (Å²) in [5.41, 5.74) is 0.372. The number of halogens is 1. The lowest BCUT2D eigenvalue weighted by molar-refractivity contribution is 0.302. The van der Waals surface area contributed by atoms with Crippen LogP contribution in [0.5, 0.6) is 11.5 Å². The van der Waals surface area contributed by atoms with Crippen LogP contribution in [0.15, 0.2) is 30.6 Å². The zero-order chi connectivity index (χ0) is 23.6. The Morgan fingerprint density at radius 3 is 1.64 bits per heavy atom. The molecule has 184 valence electrons. The van der Waals surface area contributed by atoms with E-state index >= 15 is 0 Å². The first-order valence-corrected chi connectivity index (χ1v) is 13.1. The molecule has 0 radical (unpaired) electrons. The van der Waals surface area contributed by atoms with Crippen LogP contribution >= 0.6 is 0 Å². The van der Waals surface area contributed by atoms with Gasteiger partial charge in [0.05, 0.1) is 31.2 Å². The van der Waals surface area contributed by atoms with E-state index in [1.54, 1.807) is 24.5 Å². The number of hydrogen-bond acceptors (Lipinski definition) is 4. The van der Waals surface area contributed by atoms with Crippen LogP contribution in [0.3, 0.4) is 0 Å². The van der Waals surface area contributed by atoms with Crippen LogP contribution in [0.1, 0.15) is 104 Å². The molecular weight excluding hydrogens is 415 g/mol. The van der Waals surface area contributed by atoms with Gasteiger partial charge in [0.2, 0.25) is 0 Å². The molecular formula is C28H43FN2O2. The van der Waals surface area contributed by atoms with Gasteiger partial charge >= 0.3 is 0 Å². The fourth-order valence-electron chi connectivity index (χ4n) is 3.80. The lowest BCUT2D eigenvalue weighted by Gasteiger charge is -2.09. The van der Waals surface area contributed by atoms with Gasteiger partial charge in [0, 0.05) is 6.07 Å². The summed E-state index contributed by atoms with van der Waals surface area (Å²) in [6.07, 6.45) is 20.6. The molecule has 0 N–H and O–H groups in total. The molecule has 0 atom stereocenters. The summed E-state index contributed by atoms with van der Waals surface area (Å²) in [5.74, 6) is 1.16. The van der Waals surface area contributed by atoms with E-state index in [9.17, 15) is 4.39 Å². The predicted molar refractivity (Wildman–Crippen MR) is 134 cm³/mol. The van der Waals surface area contributed by atoms with Gasteiger partial charge in [0.1, 0.15) is 11.6 Å². The maximum atomic E-state index is 14.6. The minimum Gasteiger partial charge on any atom is -0.493 e. The fraction of sp³-hybridized carbons (Fsp3) is 0.643. The van der Waals surface area contributed by atoms with Gasteiger partial charge in [-0.3, -0.25) is 0 Å². The van der Waals surface area contributed by atoms with E-state index in [2.05, 4.69) is 23.8 Å². The van der Waals surface area contributed by atoms with Gasteiger partial charge < -0.3 is 9.47 Å². The van der Waals surface area contributed by atoms with Crippen LogP contribution in [0.2, 0.25) is 0 Å². The lowest BCUT2D eigenvalue weighted by atomic mass is 10.1. The molecule has 2 aromatic rings. The summed E-state index contributed by atoms with van der Waals surface area (Å²) in [6.45, 7) is 5.74. The standard InChI is InChI=1S/C28H43FN2O2/c1-3-5-7-9-11-12-14-16-20-33-25-22-30-28(31-23-25)26-18-17-24(21-27(26)29)32-19-15-13-10-8-6-4-2/h17-18,21-23H,3-16,19-20H2,1-2H3. The van der Waals surface area contributed by atoms with Gasteiger partial charge in [0.15, 0.2) is 11.6 Å². The molecule has 5 heteroatoms. The number of aromatic nitrogens is 2. The Balaban J connectivity index is 1.67. The van der Waals surface area contributed by atoms with Crippen molar-refractivity contribution in [3.05, 3.63) is 36.4 Å². The lowest BCUT2D eigenvalue weighted by Crippen LogP contribution is -2.00. The summed E-state index contributed by atoms with van der Waals surface area (Å²) in [5, 5.41) is 0. The van der Waals surface area contributed by atoms with Gasteiger partial charge in [-0.2, -0.15) is 0 Å². The second kappa shape index (κ2) is 17.3. The number of hydrogen-bond donors (Lipinski definition) is 0. The monoisotopic (exact) mass is 458 g/mol. The van der Waals surface area contributed by atoms with Crippen LogP contribution in [-0.4, -0.2) is 23.2 Å². The molecule has 4 nitrogen and oxygen atoms in total. The van der Waals surface area contributed by atoms with E-state index < -0.39 is 0 Å². The Labute approximate surface area is 200 Å². The molecule has 1 heterocycles. The Morgan fingerprint density at radius 2 is 1.12 bits per heavy atom. The van der Waals surface area contributed by atoms with Gasteiger partial charge in [-0.1, -0.05) is 90.9 Å².